The highest BCUT2D eigenvalue weighted by atomic mass is 35.5. The molecule has 4 aromatic carbocycles. The molecule has 0 unspecified atom stereocenters. The van der Waals surface area contributed by atoms with Gasteiger partial charge in [0.25, 0.3) is 5.91 Å². The van der Waals surface area contributed by atoms with E-state index in [0.29, 0.717) is 44.2 Å². The molecule has 0 atom stereocenters. The third kappa shape index (κ3) is 8.53. The van der Waals surface area contributed by atoms with Gasteiger partial charge in [0, 0.05) is 89.0 Å². The van der Waals surface area contributed by atoms with Crippen LogP contribution in [0.3, 0.4) is 0 Å². The second-order valence-corrected chi connectivity index (χ2v) is 14.0. The van der Waals surface area contributed by atoms with Crippen LogP contribution in [0.5, 0.6) is 11.5 Å². The van der Waals surface area contributed by atoms with Crippen molar-refractivity contribution >= 4 is 34.1 Å². The molecule has 0 aliphatic carbocycles. The fourth-order valence-corrected chi connectivity index (χ4v) is 7.92. The maximum absolute atomic E-state index is 15.3. The topological polar surface area (TPSA) is 77.9 Å². The van der Waals surface area contributed by atoms with Crippen molar-refractivity contribution in [2.45, 2.75) is 18.9 Å². The summed E-state index contributed by atoms with van der Waals surface area (Å²) in [5.74, 6) is 1.19. The van der Waals surface area contributed by atoms with Crippen molar-refractivity contribution in [3.63, 3.8) is 0 Å². The second kappa shape index (κ2) is 18.2. The number of fused-ring (bicyclic) bond motifs is 1. The second-order valence-electron chi connectivity index (χ2n) is 13.6. The van der Waals surface area contributed by atoms with Crippen molar-refractivity contribution < 1.29 is 28.5 Å². The summed E-state index contributed by atoms with van der Waals surface area (Å²) in [4.78, 5) is 22.0. The summed E-state index contributed by atoms with van der Waals surface area (Å²) in [6, 6.07) is 32.6. The molecule has 1 aromatic heterocycles. The largest absolute Gasteiger partial charge is 0.468 e. The van der Waals surface area contributed by atoms with Gasteiger partial charge in [-0.25, -0.2) is 0 Å². The number of hydrogen-bond acceptors (Lipinski definition) is 8. The molecule has 0 N–H and O–H groups in total. The molecule has 5 aromatic rings. The highest BCUT2D eigenvalue weighted by Crippen LogP contribution is 2.42. The number of rotatable bonds is 15. The molecule has 2 aliphatic rings. The summed E-state index contributed by atoms with van der Waals surface area (Å²) in [7, 11) is 3.21. The van der Waals surface area contributed by atoms with Gasteiger partial charge in [0.05, 0.1) is 23.9 Å². The van der Waals surface area contributed by atoms with Crippen LogP contribution < -0.4 is 14.4 Å². The lowest BCUT2D eigenvalue weighted by molar-refractivity contribution is 0.0369. The van der Waals surface area contributed by atoms with E-state index in [4.69, 9.17) is 35.3 Å². The summed E-state index contributed by atoms with van der Waals surface area (Å²) in [6.45, 7) is 7.88. The molecule has 0 spiro atoms. The van der Waals surface area contributed by atoms with E-state index in [-0.39, 0.29) is 25.4 Å². The van der Waals surface area contributed by atoms with Gasteiger partial charge in [0.15, 0.2) is 13.6 Å². The Kier molecular flexibility index (Phi) is 12.7. The average molecular weight is 753 g/mol. The van der Waals surface area contributed by atoms with E-state index in [1.54, 1.807) is 14.2 Å². The Hall–Kier alpha value is -4.58. The number of amides is 1. The molecule has 0 radical (unpaired) electrons. The van der Waals surface area contributed by atoms with Gasteiger partial charge in [-0.05, 0) is 60.0 Å². The Bertz CT molecular complexity index is 1920. The van der Waals surface area contributed by atoms with Crippen molar-refractivity contribution in [3.05, 3.63) is 124 Å². The summed E-state index contributed by atoms with van der Waals surface area (Å²) in [6.07, 6.45) is 0.903. The van der Waals surface area contributed by atoms with Crippen LogP contribution in [0.4, 0.5) is 5.69 Å². The maximum atomic E-state index is 15.3. The quantitative estimate of drug-likeness (QED) is 0.105. The van der Waals surface area contributed by atoms with Crippen LogP contribution >= 0.6 is 11.6 Å². The normalized spacial score (nSPS) is 15.3. The highest BCUT2D eigenvalue weighted by Gasteiger charge is 2.34. The highest BCUT2D eigenvalue weighted by molar-refractivity contribution is 6.33. The van der Waals surface area contributed by atoms with Crippen molar-refractivity contribution in [1.29, 1.82) is 0 Å². The number of para-hydroxylation sites is 2. The van der Waals surface area contributed by atoms with Crippen molar-refractivity contribution in [1.82, 2.24) is 14.4 Å². The van der Waals surface area contributed by atoms with E-state index >= 15 is 4.79 Å². The predicted molar refractivity (Wildman–Crippen MR) is 212 cm³/mol. The molecular formula is C43H49ClN4O6. The van der Waals surface area contributed by atoms with E-state index < -0.39 is 0 Å². The molecule has 2 fully saturated rings. The standard InChI is InChI=1S/C43H49ClN4O6/c1-50-30-53-34-16-12-32(13-17-34)40(33-14-18-35(19-15-33)54-31-51-2)41-36-8-3-5-10-38(36)48(21-7-20-45-26-28-52-29-27-45)42(41)43(49)47-24-22-46(23-25-47)39-11-6-4-9-37(39)44/h3-6,8-19,40H,7,20-31H2,1-2H3. The molecule has 0 bridgehead atoms. The smallest absolute Gasteiger partial charge is 0.270 e. The zero-order chi connectivity index (χ0) is 37.3. The van der Waals surface area contributed by atoms with Crippen molar-refractivity contribution in [2.75, 3.05) is 91.7 Å². The lowest BCUT2D eigenvalue weighted by Crippen LogP contribution is -2.49. The number of benzene rings is 4. The summed E-state index contributed by atoms with van der Waals surface area (Å²) < 4.78 is 29.8. The first-order valence-corrected chi connectivity index (χ1v) is 19.1. The number of aromatic nitrogens is 1. The predicted octanol–water partition coefficient (Wildman–Crippen LogP) is 7.13. The summed E-state index contributed by atoms with van der Waals surface area (Å²) in [5.41, 5.74) is 5.86. The van der Waals surface area contributed by atoms with Gasteiger partial charge in [-0.2, -0.15) is 0 Å². The Morgan fingerprint density at radius 2 is 1.31 bits per heavy atom. The molecule has 2 aliphatic heterocycles. The summed E-state index contributed by atoms with van der Waals surface area (Å²) in [5, 5.41) is 1.78. The third-order valence-electron chi connectivity index (χ3n) is 10.3. The van der Waals surface area contributed by atoms with Crippen LogP contribution in [0.1, 0.15) is 39.5 Å². The number of halogens is 1. The number of piperazine rings is 1. The average Bonchev–Trinajstić information content (AvgIpc) is 3.54. The molecule has 3 heterocycles. The number of methoxy groups -OCH3 is 2. The van der Waals surface area contributed by atoms with Gasteiger partial charge in [-0.15, -0.1) is 0 Å². The number of morpholine rings is 1. The number of carbonyl (C=O) groups excluding carboxylic acids is 1. The minimum atomic E-state index is -0.272. The molecule has 1 amide bonds. The van der Waals surface area contributed by atoms with Crippen LogP contribution in [0.15, 0.2) is 97.1 Å². The zero-order valence-electron chi connectivity index (χ0n) is 31.1. The molecule has 0 saturated carbocycles. The van der Waals surface area contributed by atoms with Gasteiger partial charge in [-0.3, -0.25) is 9.69 Å². The number of ether oxygens (including phenoxy) is 5. The van der Waals surface area contributed by atoms with Crippen LogP contribution in [0.25, 0.3) is 10.9 Å². The van der Waals surface area contributed by atoms with Gasteiger partial charge >= 0.3 is 0 Å². The molecule has 7 rings (SSSR count). The van der Waals surface area contributed by atoms with E-state index in [1.807, 2.05) is 53.4 Å². The lowest BCUT2D eigenvalue weighted by atomic mass is 9.83. The number of aryl methyl sites for hydroxylation is 1. The van der Waals surface area contributed by atoms with E-state index in [2.05, 4.69) is 62.9 Å². The SMILES string of the molecule is COCOc1ccc(C(c2ccc(OCOC)cc2)c2c(C(=O)N3CCN(c4ccccc4Cl)CC3)n(CCCN3CCOCC3)c3ccccc23)cc1. The van der Waals surface area contributed by atoms with Crippen molar-refractivity contribution in [3.8, 4) is 11.5 Å². The fourth-order valence-electron chi connectivity index (χ4n) is 7.66. The Morgan fingerprint density at radius 1 is 0.722 bits per heavy atom. The Balaban J connectivity index is 1.32. The van der Waals surface area contributed by atoms with Crippen LogP contribution in [0, 0.1) is 0 Å². The monoisotopic (exact) mass is 752 g/mol. The van der Waals surface area contributed by atoms with E-state index in [1.165, 1.54) is 0 Å². The fraction of sp³-hybridized carbons (Fsp3) is 0.372. The van der Waals surface area contributed by atoms with Gasteiger partial charge in [-0.1, -0.05) is 66.2 Å². The Labute approximate surface area is 322 Å². The first-order chi connectivity index (χ1) is 26.6. The maximum Gasteiger partial charge on any atom is 0.270 e. The number of hydrogen-bond donors (Lipinski definition) is 0. The van der Waals surface area contributed by atoms with Gasteiger partial charge < -0.3 is 38.1 Å². The summed E-state index contributed by atoms with van der Waals surface area (Å²) >= 11 is 6.60. The Morgan fingerprint density at radius 3 is 1.93 bits per heavy atom. The minimum Gasteiger partial charge on any atom is -0.468 e. The molecule has 2 saturated heterocycles. The number of anilines is 1. The minimum absolute atomic E-state index is 0.0384. The van der Waals surface area contributed by atoms with Crippen LogP contribution in [-0.4, -0.2) is 107 Å². The van der Waals surface area contributed by atoms with Crippen LogP contribution in [-0.2, 0) is 20.8 Å². The van der Waals surface area contributed by atoms with E-state index in [0.717, 1.165) is 83.3 Å². The first-order valence-electron chi connectivity index (χ1n) is 18.7. The zero-order valence-corrected chi connectivity index (χ0v) is 31.9. The first kappa shape index (κ1) is 37.7. The van der Waals surface area contributed by atoms with Crippen LogP contribution in [0.2, 0.25) is 5.02 Å². The van der Waals surface area contributed by atoms with Gasteiger partial charge in [0.2, 0.25) is 0 Å². The molecule has 11 heteroatoms. The molecule has 284 valence electrons. The van der Waals surface area contributed by atoms with Crippen molar-refractivity contribution in [2.24, 2.45) is 0 Å². The molecular weight excluding hydrogens is 704 g/mol. The molecule has 10 nitrogen and oxygen atoms in total. The van der Waals surface area contributed by atoms with E-state index in [9.17, 15) is 0 Å². The number of nitrogens with zero attached hydrogens (tertiary/aromatic N) is 4. The molecule has 54 heavy (non-hydrogen) atoms. The number of carbonyl (C=O) groups is 1. The van der Waals surface area contributed by atoms with Gasteiger partial charge in [0.1, 0.15) is 17.2 Å². The third-order valence-corrected chi connectivity index (χ3v) is 10.7. The lowest BCUT2D eigenvalue weighted by Gasteiger charge is -2.37.